The molecule has 1 aliphatic carbocycles. The zero-order valence-corrected chi connectivity index (χ0v) is 19.9. The summed E-state index contributed by atoms with van der Waals surface area (Å²) in [6.45, 7) is 2.17. The number of hydrogen-bond donors (Lipinski definition) is 1. The number of rotatable bonds is 4. The maximum Gasteiger partial charge on any atom is 0.156 e. The smallest absolute Gasteiger partial charge is 0.156 e. The third-order valence-corrected chi connectivity index (χ3v) is 8.64. The molecule has 0 bridgehead atoms. The van der Waals surface area contributed by atoms with Crippen molar-refractivity contribution in [2.24, 2.45) is 5.41 Å². The lowest BCUT2D eigenvalue weighted by Crippen LogP contribution is -2.39. The van der Waals surface area contributed by atoms with Crippen LogP contribution < -0.4 is 4.90 Å². The zero-order valence-electron chi connectivity index (χ0n) is 18.3. The molecule has 2 fully saturated rings. The van der Waals surface area contributed by atoms with Gasteiger partial charge in [-0.2, -0.15) is 0 Å². The number of anilines is 1. The molecular formula is C25H25ClN6S. The Labute approximate surface area is 202 Å². The van der Waals surface area contributed by atoms with Crippen molar-refractivity contribution in [1.82, 2.24) is 24.9 Å². The van der Waals surface area contributed by atoms with Crippen LogP contribution in [-0.2, 0) is 0 Å². The van der Waals surface area contributed by atoms with Gasteiger partial charge >= 0.3 is 0 Å². The van der Waals surface area contributed by atoms with Crippen LogP contribution in [0.25, 0.3) is 22.4 Å². The lowest BCUT2D eigenvalue weighted by atomic mass is 9.77. The number of aromatic amines is 1. The number of fused-ring (bicyclic) bond motifs is 1. The largest absolute Gasteiger partial charge is 0.355 e. The molecular weight excluding hydrogens is 452 g/mol. The minimum atomic E-state index is 0.609. The Kier molecular flexibility index (Phi) is 5.46. The first-order valence-corrected chi connectivity index (χ1v) is 12.7. The van der Waals surface area contributed by atoms with Crippen molar-refractivity contribution in [3.05, 3.63) is 54.1 Å². The molecule has 168 valence electrons. The summed E-state index contributed by atoms with van der Waals surface area (Å²) < 4.78 is 0. The van der Waals surface area contributed by atoms with E-state index < -0.39 is 0 Å². The third kappa shape index (κ3) is 4.08. The lowest BCUT2D eigenvalue weighted by Gasteiger charge is -2.39. The maximum atomic E-state index is 6.78. The summed E-state index contributed by atoms with van der Waals surface area (Å²) in [7, 11) is 0. The summed E-state index contributed by atoms with van der Waals surface area (Å²) in [5.41, 5.74) is 3.80. The minimum Gasteiger partial charge on any atom is -0.355 e. The first kappa shape index (κ1) is 20.9. The molecule has 1 saturated carbocycles. The summed E-state index contributed by atoms with van der Waals surface area (Å²) in [4.78, 5) is 24.9. The van der Waals surface area contributed by atoms with Gasteiger partial charge < -0.3 is 9.88 Å². The van der Waals surface area contributed by atoms with Gasteiger partial charge in [-0.15, -0.1) is 0 Å². The van der Waals surface area contributed by atoms with Gasteiger partial charge in [-0.3, -0.25) is 0 Å². The molecule has 8 heteroatoms. The van der Waals surface area contributed by atoms with Crippen LogP contribution in [0, 0.1) is 5.41 Å². The van der Waals surface area contributed by atoms with Crippen LogP contribution >= 0.6 is 23.4 Å². The molecule has 0 unspecified atom stereocenters. The van der Waals surface area contributed by atoms with Crippen molar-refractivity contribution in [3.63, 3.8) is 0 Å². The normalized spacial score (nSPS) is 17.8. The summed E-state index contributed by atoms with van der Waals surface area (Å²) in [6.07, 6.45) is 15.5. The summed E-state index contributed by atoms with van der Waals surface area (Å²) in [5.74, 6) is 0.974. The monoisotopic (exact) mass is 476 g/mol. The summed E-state index contributed by atoms with van der Waals surface area (Å²) >= 11 is 8.30. The zero-order chi connectivity index (χ0) is 22.3. The number of hydrogen-bond acceptors (Lipinski definition) is 6. The molecule has 4 aromatic rings. The van der Waals surface area contributed by atoms with Crippen LogP contribution in [-0.4, -0.2) is 38.0 Å². The number of nitrogens with zero attached hydrogens (tertiary/aromatic N) is 5. The Morgan fingerprint density at radius 3 is 2.58 bits per heavy atom. The van der Waals surface area contributed by atoms with Gasteiger partial charge in [0.2, 0.25) is 0 Å². The Hall–Kier alpha value is -2.64. The molecule has 2 aliphatic rings. The van der Waals surface area contributed by atoms with Gasteiger partial charge in [0.15, 0.2) is 5.65 Å². The van der Waals surface area contributed by atoms with Crippen LogP contribution in [0.3, 0.4) is 0 Å². The number of benzene rings is 1. The van der Waals surface area contributed by atoms with E-state index in [-0.39, 0.29) is 0 Å². The maximum absolute atomic E-state index is 6.78. The third-order valence-electron chi connectivity index (χ3n) is 7.14. The second-order valence-electron chi connectivity index (χ2n) is 9.09. The quantitative estimate of drug-likeness (QED) is 0.368. The van der Waals surface area contributed by atoms with E-state index in [1.54, 1.807) is 6.20 Å². The van der Waals surface area contributed by atoms with Crippen LogP contribution in [0.4, 0.5) is 5.82 Å². The molecule has 1 saturated heterocycles. The van der Waals surface area contributed by atoms with Gasteiger partial charge in [-0.25, -0.2) is 19.9 Å². The number of halogens is 1. The number of piperidine rings is 1. The standard InChI is InChI=1S/C25H25ClN6S/c26-23-17(19-14-30-24-18(31-19)6-11-27-24)4-3-5-20(23)33-22-16-28-21(15-29-22)32-12-9-25(10-13-32)7-1-2-8-25/h3-6,11,14-16H,1-2,7-10,12-13H2,(H,27,30). The van der Waals surface area contributed by atoms with E-state index >= 15 is 0 Å². The highest BCUT2D eigenvalue weighted by atomic mass is 35.5. The van der Waals surface area contributed by atoms with E-state index in [0.29, 0.717) is 10.4 Å². The topological polar surface area (TPSA) is 70.6 Å². The van der Waals surface area contributed by atoms with Crippen molar-refractivity contribution in [2.75, 3.05) is 18.0 Å². The average Bonchev–Trinajstić information content (AvgIpc) is 3.51. The minimum absolute atomic E-state index is 0.609. The van der Waals surface area contributed by atoms with Crippen LogP contribution in [0.5, 0.6) is 0 Å². The molecule has 3 aromatic heterocycles. The van der Waals surface area contributed by atoms with Gasteiger partial charge in [0.05, 0.1) is 29.3 Å². The Morgan fingerprint density at radius 1 is 0.939 bits per heavy atom. The van der Waals surface area contributed by atoms with Gasteiger partial charge in [0.25, 0.3) is 0 Å². The van der Waals surface area contributed by atoms with Crippen LogP contribution in [0.1, 0.15) is 38.5 Å². The van der Waals surface area contributed by atoms with Crippen molar-refractivity contribution >= 4 is 40.3 Å². The highest BCUT2D eigenvalue weighted by Gasteiger charge is 2.37. The van der Waals surface area contributed by atoms with Crippen molar-refractivity contribution in [2.45, 2.75) is 48.4 Å². The number of nitrogens with one attached hydrogen (secondary N) is 1. The van der Waals surface area contributed by atoms with E-state index in [0.717, 1.165) is 51.3 Å². The second-order valence-corrected chi connectivity index (χ2v) is 10.5. The van der Waals surface area contributed by atoms with Crippen molar-refractivity contribution in [1.29, 1.82) is 0 Å². The van der Waals surface area contributed by atoms with Gasteiger partial charge in [-0.1, -0.05) is 48.3 Å². The second kappa shape index (κ2) is 8.61. The molecule has 1 N–H and O–H groups in total. The van der Waals surface area contributed by atoms with E-state index in [1.165, 1.54) is 50.3 Å². The van der Waals surface area contributed by atoms with E-state index in [1.807, 2.05) is 42.9 Å². The van der Waals surface area contributed by atoms with E-state index in [9.17, 15) is 0 Å². The Morgan fingerprint density at radius 2 is 1.79 bits per heavy atom. The molecule has 1 aliphatic heterocycles. The fourth-order valence-electron chi connectivity index (χ4n) is 5.22. The molecule has 4 heterocycles. The predicted molar refractivity (Wildman–Crippen MR) is 133 cm³/mol. The first-order valence-electron chi connectivity index (χ1n) is 11.5. The molecule has 33 heavy (non-hydrogen) atoms. The number of H-pyrrole nitrogens is 1. The van der Waals surface area contributed by atoms with Gasteiger partial charge in [0.1, 0.15) is 16.4 Å². The average molecular weight is 477 g/mol. The fourth-order valence-corrected chi connectivity index (χ4v) is 6.34. The Balaban J connectivity index is 1.18. The van der Waals surface area contributed by atoms with Crippen molar-refractivity contribution in [3.8, 4) is 11.3 Å². The highest BCUT2D eigenvalue weighted by Crippen LogP contribution is 2.46. The van der Waals surface area contributed by atoms with Crippen LogP contribution in [0.2, 0.25) is 5.02 Å². The molecule has 0 amide bonds. The molecule has 1 aromatic carbocycles. The first-order chi connectivity index (χ1) is 16.2. The van der Waals surface area contributed by atoms with E-state index in [4.69, 9.17) is 16.6 Å². The Bertz CT molecular complexity index is 1270. The SMILES string of the molecule is Clc1c(Sc2cnc(N3CCC4(CCCC4)CC3)cn2)cccc1-c1cnc2[nH]ccc2n1. The fraction of sp³-hybridized carbons (Fsp3) is 0.360. The molecule has 1 spiro atoms. The number of aromatic nitrogens is 5. The molecule has 6 nitrogen and oxygen atoms in total. The molecule has 6 rings (SSSR count). The lowest BCUT2D eigenvalue weighted by molar-refractivity contribution is 0.226. The van der Waals surface area contributed by atoms with Gasteiger partial charge in [0, 0.05) is 29.7 Å². The molecule has 0 radical (unpaired) electrons. The van der Waals surface area contributed by atoms with Gasteiger partial charge in [-0.05, 0) is 43.2 Å². The molecule has 0 atom stereocenters. The summed E-state index contributed by atoms with van der Waals surface area (Å²) in [6, 6.07) is 7.86. The van der Waals surface area contributed by atoms with Crippen molar-refractivity contribution < 1.29 is 0 Å². The highest BCUT2D eigenvalue weighted by molar-refractivity contribution is 7.99. The predicted octanol–water partition coefficient (Wildman–Crippen LogP) is 6.38. The van der Waals surface area contributed by atoms with Crippen LogP contribution in [0.15, 0.2) is 59.0 Å². The van der Waals surface area contributed by atoms with E-state index in [2.05, 4.69) is 24.8 Å². The summed E-state index contributed by atoms with van der Waals surface area (Å²) in [5, 5.41) is 1.48.